The van der Waals surface area contributed by atoms with E-state index in [9.17, 15) is 9.18 Å². The molecule has 0 saturated heterocycles. The number of benzene rings is 1. The summed E-state index contributed by atoms with van der Waals surface area (Å²) in [6.45, 7) is 2.00. The predicted octanol–water partition coefficient (Wildman–Crippen LogP) is 1.72. The van der Waals surface area contributed by atoms with Gasteiger partial charge in [-0.2, -0.15) is 0 Å². The summed E-state index contributed by atoms with van der Waals surface area (Å²) < 4.78 is 13.6. The molecule has 0 aromatic heterocycles. The van der Waals surface area contributed by atoms with Crippen LogP contribution in [-0.2, 0) is 0 Å². The quantitative estimate of drug-likeness (QED) is 0.697. The highest BCUT2D eigenvalue weighted by Crippen LogP contribution is 2.34. The fourth-order valence-electron chi connectivity index (χ4n) is 1.87. The molecule has 17 heavy (non-hydrogen) atoms. The first-order valence-corrected chi connectivity index (χ1v) is 5.64. The first-order valence-electron chi connectivity index (χ1n) is 5.64. The van der Waals surface area contributed by atoms with Gasteiger partial charge in [0.2, 0.25) is 0 Å². The van der Waals surface area contributed by atoms with Crippen LogP contribution in [-0.4, -0.2) is 11.9 Å². The molecule has 1 aliphatic carbocycles. The zero-order valence-electron chi connectivity index (χ0n) is 9.66. The number of rotatable bonds is 4. The van der Waals surface area contributed by atoms with E-state index >= 15 is 0 Å². The van der Waals surface area contributed by atoms with Gasteiger partial charge in [-0.15, -0.1) is 0 Å². The number of carbonyl (C=O) groups is 1. The molecule has 0 bridgehead atoms. The third-order valence-corrected chi connectivity index (χ3v) is 3.12. The van der Waals surface area contributed by atoms with E-state index in [-0.39, 0.29) is 23.0 Å². The van der Waals surface area contributed by atoms with Crippen molar-refractivity contribution in [3.8, 4) is 0 Å². The van der Waals surface area contributed by atoms with Gasteiger partial charge in [-0.25, -0.2) is 4.39 Å². The molecule has 1 aliphatic rings. The van der Waals surface area contributed by atoms with E-state index in [2.05, 4.69) is 5.32 Å². The maximum Gasteiger partial charge on any atom is 0.250 e. The van der Waals surface area contributed by atoms with Crippen molar-refractivity contribution in [2.45, 2.75) is 25.8 Å². The number of nitrogen functional groups attached to an aromatic ring is 1. The molecule has 1 amide bonds. The fraction of sp³-hybridized carbons (Fsp3) is 0.417. The zero-order valence-corrected chi connectivity index (χ0v) is 9.66. The topological polar surface area (TPSA) is 81.1 Å². The van der Waals surface area contributed by atoms with E-state index in [1.54, 1.807) is 0 Å². The molecule has 1 fully saturated rings. The maximum atomic E-state index is 13.6. The highest BCUT2D eigenvalue weighted by Gasteiger charge is 2.28. The van der Waals surface area contributed by atoms with Gasteiger partial charge in [0, 0.05) is 11.7 Å². The van der Waals surface area contributed by atoms with Gasteiger partial charge in [0.1, 0.15) is 5.82 Å². The van der Waals surface area contributed by atoms with Crippen LogP contribution in [0.3, 0.4) is 0 Å². The Kier molecular flexibility index (Phi) is 2.92. The lowest BCUT2D eigenvalue weighted by molar-refractivity contribution is 0.100. The molecule has 1 atom stereocenters. The van der Waals surface area contributed by atoms with Crippen LogP contribution < -0.4 is 16.8 Å². The summed E-state index contributed by atoms with van der Waals surface area (Å²) >= 11 is 0. The molecule has 5 N–H and O–H groups in total. The lowest BCUT2D eigenvalue weighted by atomic mass is 10.1. The molecule has 5 heteroatoms. The molecular weight excluding hydrogens is 221 g/mol. The molecule has 1 aromatic rings. The Hall–Kier alpha value is -1.78. The molecule has 1 unspecified atom stereocenters. The van der Waals surface area contributed by atoms with Gasteiger partial charge >= 0.3 is 0 Å². The number of amides is 1. The van der Waals surface area contributed by atoms with Gasteiger partial charge in [0.15, 0.2) is 0 Å². The van der Waals surface area contributed by atoms with Crippen LogP contribution in [0.5, 0.6) is 0 Å². The summed E-state index contributed by atoms with van der Waals surface area (Å²) in [5, 5.41) is 3.06. The summed E-state index contributed by atoms with van der Waals surface area (Å²) in [7, 11) is 0. The number of primary amides is 1. The Balaban J connectivity index is 2.25. The van der Waals surface area contributed by atoms with Gasteiger partial charge in [-0.3, -0.25) is 4.79 Å². The van der Waals surface area contributed by atoms with Crippen molar-refractivity contribution in [2.75, 3.05) is 11.1 Å². The molecule has 2 rings (SSSR count). The van der Waals surface area contributed by atoms with Gasteiger partial charge in [-0.1, -0.05) is 0 Å². The molecule has 4 nitrogen and oxygen atoms in total. The number of halogens is 1. The Labute approximate surface area is 99.2 Å². The number of hydrogen-bond acceptors (Lipinski definition) is 3. The smallest absolute Gasteiger partial charge is 0.250 e. The van der Waals surface area contributed by atoms with Gasteiger partial charge < -0.3 is 16.8 Å². The lowest BCUT2D eigenvalue weighted by Crippen LogP contribution is -2.20. The standard InChI is InChI=1S/C12H16FN3O/c1-6(7-2-3-7)16-11-4-8(12(15)17)10(14)5-9(11)13/h4-7,16H,2-3,14H2,1H3,(H2,15,17). The molecule has 0 heterocycles. The van der Waals surface area contributed by atoms with E-state index < -0.39 is 11.7 Å². The Morgan fingerprint density at radius 1 is 1.53 bits per heavy atom. The van der Waals surface area contributed by atoms with E-state index in [4.69, 9.17) is 11.5 Å². The largest absolute Gasteiger partial charge is 0.398 e. The summed E-state index contributed by atoms with van der Waals surface area (Å²) in [5.74, 6) is -0.520. The molecular formula is C12H16FN3O. The van der Waals surface area contributed by atoms with E-state index in [1.165, 1.54) is 6.07 Å². The number of carbonyl (C=O) groups excluding carboxylic acids is 1. The van der Waals surface area contributed by atoms with Gasteiger partial charge in [0.25, 0.3) is 5.91 Å². The van der Waals surface area contributed by atoms with E-state index in [0.29, 0.717) is 5.92 Å². The van der Waals surface area contributed by atoms with Gasteiger partial charge in [0.05, 0.1) is 11.3 Å². The minimum atomic E-state index is -0.648. The second-order valence-electron chi connectivity index (χ2n) is 4.55. The van der Waals surface area contributed by atoms with E-state index in [1.807, 2.05) is 6.92 Å². The fourth-order valence-corrected chi connectivity index (χ4v) is 1.87. The van der Waals surface area contributed by atoms with E-state index in [0.717, 1.165) is 18.9 Å². The summed E-state index contributed by atoms with van der Waals surface area (Å²) in [4.78, 5) is 11.1. The van der Waals surface area contributed by atoms with Crippen molar-refractivity contribution in [1.82, 2.24) is 0 Å². The SMILES string of the molecule is CC(Nc1cc(C(N)=O)c(N)cc1F)C1CC1. The Morgan fingerprint density at radius 2 is 2.18 bits per heavy atom. The van der Waals surface area contributed by atoms with Crippen LogP contribution in [0, 0.1) is 11.7 Å². The van der Waals surface area contributed by atoms with Crippen LogP contribution in [0.25, 0.3) is 0 Å². The molecule has 0 radical (unpaired) electrons. The zero-order chi connectivity index (χ0) is 12.6. The average molecular weight is 237 g/mol. The van der Waals surface area contributed by atoms with Crippen LogP contribution in [0.1, 0.15) is 30.1 Å². The summed E-state index contributed by atoms with van der Waals surface area (Å²) in [6.07, 6.45) is 2.32. The Bertz CT molecular complexity index is 457. The number of nitrogens with two attached hydrogens (primary N) is 2. The average Bonchev–Trinajstić information content (AvgIpc) is 3.04. The molecule has 92 valence electrons. The number of anilines is 2. The van der Waals surface area contributed by atoms with Crippen molar-refractivity contribution in [3.63, 3.8) is 0 Å². The van der Waals surface area contributed by atoms with Crippen molar-refractivity contribution < 1.29 is 9.18 Å². The minimum absolute atomic E-state index is 0.0691. The van der Waals surface area contributed by atoms with Crippen LogP contribution in [0.4, 0.5) is 15.8 Å². The van der Waals surface area contributed by atoms with Crippen LogP contribution >= 0.6 is 0 Å². The molecule has 0 aliphatic heterocycles. The third kappa shape index (κ3) is 2.49. The predicted molar refractivity (Wildman–Crippen MR) is 65.1 cm³/mol. The summed E-state index contributed by atoms with van der Waals surface area (Å²) in [5.41, 5.74) is 11.2. The van der Waals surface area contributed by atoms with Crippen molar-refractivity contribution in [3.05, 3.63) is 23.5 Å². The first-order chi connectivity index (χ1) is 7.99. The first kappa shape index (κ1) is 11.7. The van der Waals surface area contributed by atoms with Gasteiger partial charge in [-0.05, 0) is 37.8 Å². The van der Waals surface area contributed by atoms with Crippen molar-refractivity contribution in [2.24, 2.45) is 11.7 Å². The second-order valence-corrected chi connectivity index (χ2v) is 4.55. The highest BCUT2D eigenvalue weighted by molar-refractivity contribution is 5.99. The molecule has 1 saturated carbocycles. The third-order valence-electron chi connectivity index (χ3n) is 3.12. The number of nitrogens with one attached hydrogen (secondary N) is 1. The minimum Gasteiger partial charge on any atom is -0.398 e. The monoisotopic (exact) mass is 237 g/mol. The maximum absolute atomic E-state index is 13.6. The van der Waals surface area contributed by atoms with Crippen molar-refractivity contribution >= 4 is 17.3 Å². The van der Waals surface area contributed by atoms with Crippen molar-refractivity contribution in [1.29, 1.82) is 0 Å². The van der Waals surface area contributed by atoms with Crippen LogP contribution in [0.15, 0.2) is 12.1 Å². The molecule has 1 aromatic carbocycles. The number of hydrogen-bond donors (Lipinski definition) is 3. The lowest BCUT2D eigenvalue weighted by Gasteiger charge is -2.16. The highest BCUT2D eigenvalue weighted by atomic mass is 19.1. The Morgan fingerprint density at radius 3 is 2.71 bits per heavy atom. The summed E-state index contributed by atoms with van der Waals surface area (Å²) in [6, 6.07) is 2.70. The van der Waals surface area contributed by atoms with Crippen LogP contribution in [0.2, 0.25) is 0 Å². The second kappa shape index (κ2) is 4.24. The molecule has 0 spiro atoms. The normalized spacial score (nSPS) is 16.6.